The van der Waals surface area contributed by atoms with Gasteiger partial charge in [0.1, 0.15) is 5.82 Å². The number of nitriles is 1. The summed E-state index contributed by atoms with van der Waals surface area (Å²) in [6.07, 6.45) is -3.19. The number of aromatic amines is 1. The van der Waals surface area contributed by atoms with Crippen molar-refractivity contribution in [3.63, 3.8) is 0 Å². The molecule has 0 spiro atoms. The van der Waals surface area contributed by atoms with Crippen molar-refractivity contribution in [3.05, 3.63) is 52.5 Å². The quantitative estimate of drug-likeness (QED) is 0.295. The number of nitrogens with one attached hydrogen (secondary N) is 3. The molecule has 0 saturated carbocycles. The molecule has 1 atom stereocenters. The molecular formula is C29H31F4N9O4. The van der Waals surface area contributed by atoms with E-state index < -0.39 is 53.0 Å². The van der Waals surface area contributed by atoms with Gasteiger partial charge in [0.2, 0.25) is 0 Å². The zero-order valence-electron chi connectivity index (χ0n) is 25.0. The molecule has 13 nitrogen and oxygen atoms in total. The van der Waals surface area contributed by atoms with Gasteiger partial charge in [0.05, 0.1) is 41.2 Å². The molecule has 2 fully saturated rings. The molecule has 0 radical (unpaired) electrons. The number of carbonyl (C=O) groups is 3. The van der Waals surface area contributed by atoms with Crippen LogP contribution in [0.5, 0.6) is 0 Å². The lowest BCUT2D eigenvalue weighted by atomic mass is 9.92. The summed E-state index contributed by atoms with van der Waals surface area (Å²) in [6.45, 7) is 2.99. The Morgan fingerprint density at radius 1 is 1.17 bits per heavy atom. The maximum absolute atomic E-state index is 15.3. The summed E-state index contributed by atoms with van der Waals surface area (Å²) < 4.78 is 57.3. The molecule has 3 amide bonds. The summed E-state index contributed by atoms with van der Waals surface area (Å²) in [6, 6.07) is 4.10. The van der Waals surface area contributed by atoms with E-state index in [1.165, 1.54) is 29.8 Å². The lowest BCUT2D eigenvalue weighted by Gasteiger charge is -2.40. The maximum atomic E-state index is 15.3. The molecule has 0 unspecified atom stereocenters. The number of benzene rings is 1. The van der Waals surface area contributed by atoms with Gasteiger partial charge in [-0.15, -0.1) is 0 Å². The third kappa shape index (κ3) is 6.17. The Morgan fingerprint density at radius 3 is 2.48 bits per heavy atom. The molecule has 2 aliphatic heterocycles. The lowest BCUT2D eigenvalue weighted by Crippen LogP contribution is -2.60. The maximum Gasteiger partial charge on any atom is 0.435 e. The topological polar surface area (TPSA) is 172 Å². The second kappa shape index (κ2) is 12.5. The Hall–Kier alpha value is -4.82. The van der Waals surface area contributed by atoms with Crippen molar-refractivity contribution >= 4 is 23.4 Å². The first-order valence-corrected chi connectivity index (χ1v) is 14.4. The number of hydrogen-bond acceptors (Lipinski definition) is 8. The Kier molecular flexibility index (Phi) is 8.87. The van der Waals surface area contributed by atoms with E-state index >= 15 is 4.39 Å². The zero-order valence-corrected chi connectivity index (χ0v) is 25.0. The van der Waals surface area contributed by atoms with E-state index in [0.29, 0.717) is 12.8 Å². The molecule has 4 N–H and O–H groups in total. The summed E-state index contributed by atoms with van der Waals surface area (Å²) in [7, 11) is 1.31. The van der Waals surface area contributed by atoms with Crippen LogP contribution >= 0.6 is 0 Å². The van der Waals surface area contributed by atoms with E-state index in [1.807, 2.05) is 0 Å². The average Bonchev–Trinajstić information content (AvgIpc) is 3.60. The second-order valence-electron chi connectivity index (χ2n) is 11.3. The van der Waals surface area contributed by atoms with E-state index in [4.69, 9.17) is 5.26 Å². The van der Waals surface area contributed by atoms with Gasteiger partial charge < -0.3 is 30.1 Å². The number of imidazole rings is 1. The minimum atomic E-state index is -4.85. The van der Waals surface area contributed by atoms with E-state index in [0.717, 1.165) is 23.4 Å². The Balaban J connectivity index is 1.29. The molecule has 2 aliphatic rings. The molecule has 0 aliphatic carbocycles. The number of rotatable bonds is 6. The van der Waals surface area contributed by atoms with Crippen molar-refractivity contribution in [2.75, 3.05) is 44.6 Å². The van der Waals surface area contributed by atoms with Crippen LogP contribution < -0.4 is 10.6 Å². The Morgan fingerprint density at radius 2 is 1.87 bits per heavy atom. The van der Waals surface area contributed by atoms with Crippen LogP contribution in [0.3, 0.4) is 0 Å². The minimum absolute atomic E-state index is 0.0182. The van der Waals surface area contributed by atoms with Crippen molar-refractivity contribution < 1.29 is 37.1 Å². The van der Waals surface area contributed by atoms with Gasteiger partial charge in [-0.3, -0.25) is 19.5 Å². The van der Waals surface area contributed by atoms with Crippen molar-refractivity contribution in [2.24, 2.45) is 7.05 Å². The van der Waals surface area contributed by atoms with Gasteiger partial charge in [-0.2, -0.15) is 23.5 Å². The van der Waals surface area contributed by atoms with Gasteiger partial charge in [-0.25, -0.2) is 9.37 Å². The number of piperidine rings is 1. The number of anilines is 1. The Labute approximate surface area is 260 Å². The highest BCUT2D eigenvalue weighted by molar-refractivity contribution is 6.03. The number of piperazine rings is 1. The van der Waals surface area contributed by atoms with Gasteiger partial charge in [-0.1, -0.05) is 0 Å². The molecule has 0 bridgehead atoms. The third-order valence-corrected chi connectivity index (χ3v) is 8.19. The van der Waals surface area contributed by atoms with E-state index in [1.54, 1.807) is 6.07 Å². The standard InChI is InChI=1S/C29H31F4N9O4/c1-16-12-17(37-25(43)24-36-14-20(40(24)2)22-19(4-6-34)38-39-23(22)29(31,32)33)13-18(30)21(16)26(44)41-8-10-42(11-9-41)27(45)28(46)5-3-7-35-15-28/h12-14,35,46H,3-5,7-11,15H2,1-2H3,(H,37,43)(H,38,39)/t28-/m0/s1. The largest absolute Gasteiger partial charge is 0.435 e. The van der Waals surface area contributed by atoms with Gasteiger partial charge in [0.25, 0.3) is 17.7 Å². The number of amides is 3. The van der Waals surface area contributed by atoms with Crippen molar-refractivity contribution in [1.82, 2.24) is 34.9 Å². The summed E-state index contributed by atoms with van der Waals surface area (Å²) >= 11 is 0. The summed E-state index contributed by atoms with van der Waals surface area (Å²) in [5.41, 5.74) is -3.41. The lowest BCUT2D eigenvalue weighted by molar-refractivity contribution is -0.154. The summed E-state index contributed by atoms with van der Waals surface area (Å²) in [5.74, 6) is -3.06. The molecule has 4 heterocycles. The predicted molar refractivity (Wildman–Crippen MR) is 154 cm³/mol. The minimum Gasteiger partial charge on any atom is -0.379 e. The Bertz CT molecular complexity index is 1690. The normalized spacial score (nSPS) is 18.7. The predicted octanol–water partition coefficient (Wildman–Crippen LogP) is 1.99. The molecule has 17 heteroatoms. The van der Waals surface area contributed by atoms with Crippen LogP contribution in [0.25, 0.3) is 11.3 Å². The number of β-amino-alcohol motifs (C(OH)–C–C–N with tert-alkyl or cyclic N) is 1. The highest BCUT2D eigenvalue weighted by Gasteiger charge is 2.42. The average molecular weight is 646 g/mol. The number of aliphatic hydroxyl groups is 1. The molecule has 1 aromatic carbocycles. The number of nitrogens with zero attached hydrogens (tertiary/aromatic N) is 6. The molecule has 2 saturated heterocycles. The number of alkyl halides is 3. The fourth-order valence-electron chi connectivity index (χ4n) is 5.83. The third-order valence-electron chi connectivity index (χ3n) is 8.19. The van der Waals surface area contributed by atoms with E-state index in [9.17, 15) is 32.7 Å². The van der Waals surface area contributed by atoms with E-state index in [-0.39, 0.29) is 66.8 Å². The summed E-state index contributed by atoms with van der Waals surface area (Å²) in [5, 5.41) is 30.8. The van der Waals surface area contributed by atoms with Crippen LogP contribution in [-0.4, -0.2) is 97.2 Å². The molecule has 5 rings (SSSR count). The first kappa shape index (κ1) is 32.6. The number of H-pyrrole nitrogens is 1. The highest BCUT2D eigenvalue weighted by Crippen LogP contribution is 2.38. The van der Waals surface area contributed by atoms with Crippen molar-refractivity contribution in [3.8, 4) is 17.3 Å². The molecule has 46 heavy (non-hydrogen) atoms. The van der Waals surface area contributed by atoms with Crippen molar-refractivity contribution in [1.29, 1.82) is 5.26 Å². The second-order valence-corrected chi connectivity index (χ2v) is 11.3. The fourth-order valence-corrected chi connectivity index (χ4v) is 5.83. The smallest absolute Gasteiger partial charge is 0.379 e. The van der Waals surface area contributed by atoms with Crippen LogP contribution in [0.15, 0.2) is 18.3 Å². The number of aryl methyl sites for hydroxylation is 1. The number of carbonyl (C=O) groups excluding carboxylic acids is 3. The van der Waals surface area contributed by atoms with Gasteiger partial charge >= 0.3 is 6.18 Å². The monoisotopic (exact) mass is 645 g/mol. The number of aromatic nitrogens is 4. The van der Waals surface area contributed by atoms with Gasteiger partial charge in [0.15, 0.2) is 17.1 Å². The first-order valence-electron chi connectivity index (χ1n) is 14.4. The summed E-state index contributed by atoms with van der Waals surface area (Å²) in [4.78, 5) is 46.1. The molecule has 3 aromatic rings. The fraction of sp³-hybridized carbons (Fsp3) is 0.448. The number of hydrogen-bond donors (Lipinski definition) is 4. The van der Waals surface area contributed by atoms with E-state index in [2.05, 4.69) is 25.8 Å². The molecule has 2 aromatic heterocycles. The van der Waals surface area contributed by atoms with Crippen LogP contribution in [0, 0.1) is 24.1 Å². The SMILES string of the molecule is Cc1cc(NC(=O)c2ncc(-c3c(C(F)(F)F)n[nH]c3CC#N)n2C)cc(F)c1C(=O)N1CCN(C(=O)[C@]2(O)CCCNC2)CC1. The zero-order chi connectivity index (χ0) is 33.4. The van der Waals surface area contributed by atoms with Gasteiger partial charge in [0, 0.05) is 45.5 Å². The first-order chi connectivity index (χ1) is 21.7. The number of halogens is 4. The van der Waals surface area contributed by atoms with Crippen LogP contribution in [0.1, 0.15) is 50.8 Å². The van der Waals surface area contributed by atoms with Crippen LogP contribution in [0.2, 0.25) is 0 Å². The molecule has 244 valence electrons. The molecular weight excluding hydrogens is 614 g/mol. The van der Waals surface area contributed by atoms with Crippen molar-refractivity contribution in [2.45, 2.75) is 38.0 Å². The highest BCUT2D eigenvalue weighted by atomic mass is 19.4. The van der Waals surface area contributed by atoms with Crippen LogP contribution in [-0.2, 0) is 24.4 Å². The van der Waals surface area contributed by atoms with Gasteiger partial charge in [-0.05, 0) is 44.0 Å². The van der Waals surface area contributed by atoms with Crippen LogP contribution in [0.4, 0.5) is 23.2 Å².